The molecule has 1 N–H and O–H groups in total. The molecule has 0 atom stereocenters. The number of carboxylic acids is 1. The zero-order chi connectivity index (χ0) is 24.8. The van der Waals surface area contributed by atoms with E-state index in [1.165, 1.54) is 18.3 Å². The van der Waals surface area contributed by atoms with Crippen LogP contribution in [-0.4, -0.2) is 53.5 Å². The molecule has 1 aliphatic rings. The molecular weight excluding hydrogens is 470 g/mol. The number of halogens is 2. The predicted octanol–water partition coefficient (Wildman–Crippen LogP) is 5.80. The second-order valence-corrected chi connectivity index (χ2v) is 10.2. The summed E-state index contributed by atoms with van der Waals surface area (Å²) in [7, 11) is 1.57. The van der Waals surface area contributed by atoms with E-state index in [1.807, 2.05) is 6.07 Å². The highest BCUT2D eigenvalue weighted by molar-refractivity contribution is 7.99. The van der Waals surface area contributed by atoms with Gasteiger partial charge in [-0.05, 0) is 87.2 Å². The van der Waals surface area contributed by atoms with E-state index in [0.29, 0.717) is 67.4 Å². The average Bonchev–Trinajstić information content (AvgIpc) is 2.86. The zero-order valence-electron chi connectivity index (χ0n) is 19.8. The summed E-state index contributed by atoms with van der Waals surface area (Å²) < 4.78 is 33.3. The first-order valence-corrected chi connectivity index (χ1v) is 12.8. The van der Waals surface area contributed by atoms with Crippen LogP contribution in [0.4, 0.5) is 8.78 Å². The molecule has 3 aromatic rings. The van der Waals surface area contributed by atoms with Crippen LogP contribution in [0.2, 0.25) is 0 Å². The quantitative estimate of drug-likeness (QED) is 0.355. The molecule has 0 bridgehead atoms. The standard InChI is InChI=1S/C27H30F2N2O3S/c1-34-20-7-8-25-23(17-20)22(24(29)18-30-25)6-3-9-27(26(32)33)10-12-31(13-11-27)14-15-35-21-5-2-4-19(28)16-21/h2,4-5,7-8,16-18H,3,6,9-15H2,1H3,(H,32,33). The number of carbonyl (C=O) groups is 1. The van der Waals surface area contributed by atoms with E-state index >= 15 is 0 Å². The van der Waals surface area contributed by atoms with Gasteiger partial charge in [-0.2, -0.15) is 0 Å². The molecule has 1 aliphatic heterocycles. The van der Waals surface area contributed by atoms with Gasteiger partial charge in [-0.3, -0.25) is 9.78 Å². The van der Waals surface area contributed by atoms with Crippen LogP contribution in [-0.2, 0) is 11.2 Å². The molecular formula is C27H30F2N2O3S. The summed E-state index contributed by atoms with van der Waals surface area (Å²) in [4.78, 5) is 19.6. The SMILES string of the molecule is COc1ccc2ncc(F)c(CCCC3(C(=O)O)CCN(CCSc4cccc(F)c4)CC3)c2c1. The number of pyridine rings is 1. The Labute approximate surface area is 208 Å². The van der Waals surface area contributed by atoms with E-state index in [-0.39, 0.29) is 11.6 Å². The fourth-order valence-corrected chi connectivity index (χ4v) is 5.77. The molecule has 0 unspecified atom stereocenters. The highest BCUT2D eigenvalue weighted by Gasteiger charge is 2.40. The number of methoxy groups -OCH3 is 1. The molecule has 2 aromatic carbocycles. The number of hydrogen-bond acceptors (Lipinski definition) is 5. The molecule has 1 fully saturated rings. The van der Waals surface area contributed by atoms with E-state index in [0.717, 1.165) is 17.2 Å². The van der Waals surface area contributed by atoms with Gasteiger partial charge in [0.2, 0.25) is 0 Å². The van der Waals surface area contributed by atoms with Crippen molar-refractivity contribution in [2.24, 2.45) is 5.41 Å². The first kappa shape index (κ1) is 25.4. The van der Waals surface area contributed by atoms with Crippen LogP contribution >= 0.6 is 11.8 Å². The van der Waals surface area contributed by atoms with Crippen molar-refractivity contribution in [3.63, 3.8) is 0 Å². The Morgan fingerprint density at radius 3 is 2.71 bits per heavy atom. The first-order chi connectivity index (χ1) is 16.9. The second-order valence-electron chi connectivity index (χ2n) is 9.05. The summed E-state index contributed by atoms with van der Waals surface area (Å²) in [5.74, 6) is 0.0734. The molecule has 4 rings (SSSR count). The van der Waals surface area contributed by atoms with Crippen molar-refractivity contribution < 1.29 is 23.4 Å². The number of nitrogens with zero attached hydrogens (tertiary/aromatic N) is 2. The van der Waals surface area contributed by atoms with Crippen LogP contribution in [0.1, 0.15) is 31.2 Å². The molecule has 0 spiro atoms. The van der Waals surface area contributed by atoms with Crippen LogP contribution in [0.25, 0.3) is 10.9 Å². The number of piperidine rings is 1. The summed E-state index contributed by atoms with van der Waals surface area (Å²) in [6, 6.07) is 11.9. The topological polar surface area (TPSA) is 62.7 Å². The van der Waals surface area contributed by atoms with Gasteiger partial charge in [-0.1, -0.05) is 6.07 Å². The minimum atomic E-state index is -0.788. The molecule has 5 nitrogen and oxygen atoms in total. The third-order valence-electron chi connectivity index (χ3n) is 6.96. The van der Waals surface area contributed by atoms with Crippen molar-refractivity contribution in [1.82, 2.24) is 9.88 Å². The summed E-state index contributed by atoms with van der Waals surface area (Å²) in [6.07, 6.45) is 3.90. The van der Waals surface area contributed by atoms with Gasteiger partial charge in [0, 0.05) is 22.6 Å². The molecule has 8 heteroatoms. The number of hydrogen-bond donors (Lipinski definition) is 1. The average molecular weight is 501 g/mol. The molecule has 186 valence electrons. The van der Waals surface area contributed by atoms with Crippen molar-refractivity contribution in [3.8, 4) is 5.75 Å². The van der Waals surface area contributed by atoms with Gasteiger partial charge in [-0.25, -0.2) is 8.78 Å². The number of benzene rings is 2. The maximum Gasteiger partial charge on any atom is 0.309 e. The summed E-state index contributed by atoms with van der Waals surface area (Å²) in [5, 5.41) is 10.8. The maximum atomic E-state index is 14.6. The lowest BCUT2D eigenvalue weighted by atomic mass is 9.74. The third-order valence-corrected chi connectivity index (χ3v) is 7.93. The lowest BCUT2D eigenvalue weighted by Crippen LogP contribution is -2.45. The van der Waals surface area contributed by atoms with E-state index in [1.54, 1.807) is 43.1 Å². The van der Waals surface area contributed by atoms with Gasteiger partial charge < -0.3 is 14.7 Å². The molecule has 0 amide bonds. The minimum absolute atomic E-state index is 0.238. The number of carboxylic acid groups (broad SMARTS) is 1. The Balaban J connectivity index is 1.33. The first-order valence-electron chi connectivity index (χ1n) is 11.9. The van der Waals surface area contributed by atoms with Crippen LogP contribution in [0.15, 0.2) is 53.6 Å². The van der Waals surface area contributed by atoms with Gasteiger partial charge in [-0.15, -0.1) is 11.8 Å². The number of rotatable bonds is 10. The third kappa shape index (κ3) is 6.11. The van der Waals surface area contributed by atoms with Crippen LogP contribution in [0.3, 0.4) is 0 Å². The Bertz CT molecular complexity index is 1180. The van der Waals surface area contributed by atoms with Gasteiger partial charge in [0.15, 0.2) is 0 Å². The van der Waals surface area contributed by atoms with Crippen molar-refractivity contribution >= 4 is 28.6 Å². The van der Waals surface area contributed by atoms with Gasteiger partial charge in [0.05, 0.1) is 24.2 Å². The fraction of sp³-hybridized carbons (Fsp3) is 0.407. The normalized spacial score (nSPS) is 15.9. The number of aliphatic carboxylic acids is 1. The molecule has 2 heterocycles. The molecule has 1 aromatic heterocycles. The lowest BCUT2D eigenvalue weighted by Gasteiger charge is -2.39. The van der Waals surface area contributed by atoms with Crippen molar-refractivity contribution in [2.75, 3.05) is 32.5 Å². The Hall–Kier alpha value is -2.71. The van der Waals surface area contributed by atoms with Gasteiger partial charge in [0.1, 0.15) is 17.4 Å². The van der Waals surface area contributed by atoms with E-state index < -0.39 is 11.4 Å². The maximum absolute atomic E-state index is 14.6. The Kier molecular flexibility index (Phi) is 8.23. The number of ether oxygens (including phenoxy) is 1. The van der Waals surface area contributed by atoms with E-state index in [9.17, 15) is 18.7 Å². The van der Waals surface area contributed by atoms with Crippen molar-refractivity contribution in [3.05, 3.63) is 65.9 Å². The van der Waals surface area contributed by atoms with Gasteiger partial charge >= 0.3 is 5.97 Å². The zero-order valence-corrected chi connectivity index (χ0v) is 20.6. The number of aromatic nitrogens is 1. The Morgan fingerprint density at radius 2 is 2.00 bits per heavy atom. The van der Waals surface area contributed by atoms with Crippen molar-refractivity contribution in [1.29, 1.82) is 0 Å². The molecule has 0 saturated carbocycles. The summed E-state index contributed by atoms with van der Waals surface area (Å²) in [6.45, 7) is 2.24. The molecule has 35 heavy (non-hydrogen) atoms. The largest absolute Gasteiger partial charge is 0.497 e. The summed E-state index contributed by atoms with van der Waals surface area (Å²) >= 11 is 1.60. The minimum Gasteiger partial charge on any atom is -0.497 e. The smallest absolute Gasteiger partial charge is 0.309 e. The molecule has 0 radical (unpaired) electrons. The second kappa shape index (κ2) is 11.4. The predicted molar refractivity (Wildman–Crippen MR) is 134 cm³/mol. The highest BCUT2D eigenvalue weighted by Crippen LogP contribution is 2.38. The lowest BCUT2D eigenvalue weighted by molar-refractivity contribution is -0.152. The summed E-state index contributed by atoms with van der Waals surface area (Å²) in [5.41, 5.74) is 0.462. The highest BCUT2D eigenvalue weighted by atomic mass is 32.2. The monoisotopic (exact) mass is 500 g/mol. The Morgan fingerprint density at radius 1 is 1.20 bits per heavy atom. The van der Waals surface area contributed by atoms with Crippen LogP contribution in [0, 0.1) is 17.0 Å². The van der Waals surface area contributed by atoms with E-state index in [2.05, 4.69) is 9.88 Å². The van der Waals surface area contributed by atoms with E-state index in [4.69, 9.17) is 4.74 Å². The molecule has 1 saturated heterocycles. The van der Waals surface area contributed by atoms with Gasteiger partial charge in [0.25, 0.3) is 0 Å². The molecule has 0 aliphatic carbocycles. The number of thioether (sulfide) groups is 1. The fourth-order valence-electron chi connectivity index (χ4n) is 4.81. The number of likely N-dealkylation sites (tertiary alicyclic amines) is 1. The number of aryl methyl sites for hydroxylation is 1. The van der Waals surface area contributed by atoms with Crippen molar-refractivity contribution in [2.45, 2.75) is 37.0 Å². The number of fused-ring (bicyclic) bond motifs is 1. The van der Waals surface area contributed by atoms with Crippen LogP contribution < -0.4 is 4.74 Å². The van der Waals surface area contributed by atoms with Crippen LogP contribution in [0.5, 0.6) is 5.75 Å².